The molecule has 1 aromatic heterocycles. The molecule has 1 heterocycles. The van der Waals surface area contributed by atoms with Gasteiger partial charge in [-0.15, -0.1) is 0 Å². The second kappa shape index (κ2) is 7.38. The number of fused-ring (bicyclic) bond motifs is 1. The van der Waals surface area contributed by atoms with Crippen LogP contribution in [0.2, 0.25) is 0 Å². The highest BCUT2D eigenvalue weighted by Crippen LogP contribution is 2.35. The minimum absolute atomic E-state index is 0.0772. The molecule has 0 N–H and O–H groups in total. The van der Waals surface area contributed by atoms with Crippen molar-refractivity contribution in [2.45, 2.75) is 13.1 Å². The molecule has 1 amide bonds. The number of carbonyl (C=O) groups excluding carboxylic acids is 1. The van der Waals surface area contributed by atoms with E-state index in [4.69, 9.17) is 9.15 Å². The third kappa shape index (κ3) is 3.58. The first-order chi connectivity index (χ1) is 13.3. The number of methoxy groups -OCH3 is 1. The van der Waals surface area contributed by atoms with E-state index in [-0.39, 0.29) is 23.5 Å². The Morgan fingerprint density at radius 3 is 2.50 bits per heavy atom. The summed E-state index contributed by atoms with van der Waals surface area (Å²) in [6, 6.07) is 12.7. The smallest absolute Gasteiger partial charge is 0.471 e. The highest BCUT2D eigenvalue weighted by Gasteiger charge is 2.43. The summed E-state index contributed by atoms with van der Waals surface area (Å²) < 4.78 is 49.3. The Bertz CT molecular complexity index is 1090. The molecule has 0 radical (unpaired) electrons. The van der Waals surface area contributed by atoms with Crippen LogP contribution in [0.5, 0.6) is 5.75 Å². The lowest BCUT2D eigenvalue weighted by Gasteiger charge is -2.24. The van der Waals surface area contributed by atoms with Gasteiger partial charge >= 0.3 is 17.7 Å². The number of nitrogens with zero attached hydrogens (tertiary/aromatic N) is 1. The highest BCUT2D eigenvalue weighted by molar-refractivity contribution is 5.99. The molecular formula is C20H16F3NO4. The molecule has 2 aromatic carbocycles. The zero-order valence-electron chi connectivity index (χ0n) is 15.0. The van der Waals surface area contributed by atoms with Crippen molar-refractivity contribution in [1.29, 1.82) is 0 Å². The fourth-order valence-corrected chi connectivity index (χ4v) is 2.91. The molecule has 0 atom stereocenters. The summed E-state index contributed by atoms with van der Waals surface area (Å²) in [5.41, 5.74) is 0.145. The number of rotatable bonds is 4. The number of benzene rings is 2. The van der Waals surface area contributed by atoms with Crippen molar-refractivity contribution in [2.75, 3.05) is 18.6 Å². The van der Waals surface area contributed by atoms with Crippen molar-refractivity contribution < 1.29 is 27.1 Å². The quantitative estimate of drug-likeness (QED) is 0.619. The molecule has 0 aliphatic rings. The Balaban J connectivity index is 2.17. The summed E-state index contributed by atoms with van der Waals surface area (Å²) >= 11 is 0. The number of carbonyl (C=O) groups is 1. The van der Waals surface area contributed by atoms with E-state index in [9.17, 15) is 22.8 Å². The van der Waals surface area contributed by atoms with Crippen LogP contribution in [-0.4, -0.2) is 25.7 Å². The van der Waals surface area contributed by atoms with E-state index in [1.165, 1.54) is 32.2 Å². The molecule has 0 unspecified atom stereocenters. The number of anilines is 1. The normalized spacial score (nSPS) is 11.5. The molecule has 0 saturated heterocycles. The fourth-order valence-electron chi connectivity index (χ4n) is 2.91. The van der Waals surface area contributed by atoms with Gasteiger partial charge in [0.25, 0.3) is 0 Å². The van der Waals surface area contributed by atoms with Crippen molar-refractivity contribution >= 4 is 22.6 Å². The minimum atomic E-state index is -5.04. The lowest BCUT2D eigenvalue weighted by Crippen LogP contribution is -2.41. The average molecular weight is 391 g/mol. The molecule has 8 heteroatoms. The van der Waals surface area contributed by atoms with Gasteiger partial charge in [0, 0.05) is 11.9 Å². The molecule has 0 saturated carbocycles. The Morgan fingerprint density at radius 2 is 1.86 bits per heavy atom. The van der Waals surface area contributed by atoms with Crippen LogP contribution in [0.1, 0.15) is 6.92 Å². The molecule has 3 aromatic rings. The number of hydrogen-bond acceptors (Lipinski definition) is 4. The van der Waals surface area contributed by atoms with E-state index in [2.05, 4.69) is 0 Å². The maximum atomic E-state index is 13.0. The van der Waals surface area contributed by atoms with Gasteiger partial charge in [0.05, 0.1) is 18.4 Å². The number of ether oxygens (including phenoxy) is 1. The molecule has 146 valence electrons. The van der Waals surface area contributed by atoms with E-state index in [0.717, 1.165) is 0 Å². The van der Waals surface area contributed by atoms with Crippen LogP contribution in [0.4, 0.5) is 18.9 Å². The topological polar surface area (TPSA) is 59.8 Å². The summed E-state index contributed by atoms with van der Waals surface area (Å²) in [6.07, 6.45) is -5.04. The third-order valence-electron chi connectivity index (χ3n) is 4.23. The van der Waals surface area contributed by atoms with E-state index >= 15 is 0 Å². The van der Waals surface area contributed by atoms with Crippen LogP contribution in [0.3, 0.4) is 0 Å². The molecule has 0 aliphatic carbocycles. The van der Waals surface area contributed by atoms with E-state index in [0.29, 0.717) is 21.4 Å². The molecule has 3 rings (SSSR count). The van der Waals surface area contributed by atoms with Gasteiger partial charge in [-0.05, 0) is 36.8 Å². The number of amides is 1. The van der Waals surface area contributed by atoms with Crippen molar-refractivity contribution in [1.82, 2.24) is 0 Å². The molecule has 5 nitrogen and oxygen atoms in total. The maximum Gasteiger partial charge on any atom is 0.471 e. The predicted octanol–water partition coefficient (Wildman–Crippen LogP) is 4.38. The van der Waals surface area contributed by atoms with Gasteiger partial charge in [-0.25, -0.2) is 4.79 Å². The zero-order valence-corrected chi connectivity index (χ0v) is 15.0. The summed E-state index contributed by atoms with van der Waals surface area (Å²) in [5, 5.41) is 0.660. The summed E-state index contributed by atoms with van der Waals surface area (Å²) in [4.78, 5) is 24.8. The lowest BCUT2D eigenvalue weighted by atomic mass is 10.0. The third-order valence-corrected chi connectivity index (χ3v) is 4.23. The van der Waals surface area contributed by atoms with Gasteiger partial charge in [-0.2, -0.15) is 13.2 Å². The van der Waals surface area contributed by atoms with Gasteiger partial charge < -0.3 is 14.1 Å². The van der Waals surface area contributed by atoms with Crippen molar-refractivity contribution in [2.24, 2.45) is 0 Å². The predicted molar refractivity (Wildman–Crippen MR) is 98.6 cm³/mol. The number of hydrogen-bond donors (Lipinski definition) is 0. The SMILES string of the molecule is CCN(C(=O)C(F)(F)F)c1cc(-c2cc3ccccc3oc2=O)ccc1OC. The highest BCUT2D eigenvalue weighted by atomic mass is 19.4. The average Bonchev–Trinajstić information content (AvgIpc) is 2.67. The van der Waals surface area contributed by atoms with Crippen LogP contribution in [0.15, 0.2) is 57.7 Å². The van der Waals surface area contributed by atoms with Crippen LogP contribution >= 0.6 is 0 Å². The van der Waals surface area contributed by atoms with Crippen molar-refractivity contribution in [3.63, 3.8) is 0 Å². The standard InChI is InChI=1S/C20H16F3NO4/c1-3-24(19(26)20(21,22)23)15-11-12(8-9-17(15)27-2)14-10-13-6-4-5-7-16(13)28-18(14)25/h4-11H,3H2,1-2H3. The summed E-state index contributed by atoms with van der Waals surface area (Å²) in [5.74, 6) is -1.94. The maximum absolute atomic E-state index is 13.0. The lowest BCUT2D eigenvalue weighted by molar-refractivity contribution is -0.170. The van der Waals surface area contributed by atoms with Gasteiger partial charge in [-0.1, -0.05) is 24.3 Å². The first kappa shape index (κ1) is 19.5. The molecule has 0 aliphatic heterocycles. The minimum Gasteiger partial charge on any atom is -0.495 e. The number of para-hydroxylation sites is 1. The second-order valence-corrected chi connectivity index (χ2v) is 5.92. The summed E-state index contributed by atoms with van der Waals surface area (Å²) in [7, 11) is 1.29. The largest absolute Gasteiger partial charge is 0.495 e. The fraction of sp³-hybridized carbons (Fsp3) is 0.200. The molecule has 28 heavy (non-hydrogen) atoms. The number of halogens is 3. The van der Waals surface area contributed by atoms with Gasteiger partial charge in [-0.3, -0.25) is 4.79 Å². The first-order valence-corrected chi connectivity index (χ1v) is 8.36. The van der Waals surface area contributed by atoms with Crippen molar-refractivity contribution in [3.05, 3.63) is 59.0 Å². The Morgan fingerprint density at radius 1 is 1.14 bits per heavy atom. The van der Waals surface area contributed by atoms with Crippen LogP contribution in [0, 0.1) is 0 Å². The molecule has 0 bridgehead atoms. The zero-order chi connectivity index (χ0) is 20.5. The van der Waals surface area contributed by atoms with Gasteiger partial charge in [0.2, 0.25) is 0 Å². The molecular weight excluding hydrogens is 375 g/mol. The van der Waals surface area contributed by atoms with Crippen LogP contribution in [-0.2, 0) is 4.79 Å². The Labute approximate surface area is 157 Å². The Hall–Kier alpha value is -3.29. The van der Waals surface area contributed by atoms with E-state index in [1.54, 1.807) is 30.3 Å². The van der Waals surface area contributed by atoms with Crippen LogP contribution < -0.4 is 15.3 Å². The van der Waals surface area contributed by atoms with Crippen molar-refractivity contribution in [3.8, 4) is 16.9 Å². The first-order valence-electron chi connectivity index (χ1n) is 8.36. The monoisotopic (exact) mass is 391 g/mol. The molecule has 0 spiro atoms. The van der Waals surface area contributed by atoms with E-state index in [1.807, 2.05) is 0 Å². The second-order valence-electron chi connectivity index (χ2n) is 5.92. The van der Waals surface area contributed by atoms with Gasteiger partial charge in [0.1, 0.15) is 11.3 Å². The summed E-state index contributed by atoms with van der Waals surface area (Å²) in [6.45, 7) is 1.19. The number of alkyl halides is 3. The Kier molecular flexibility index (Phi) is 5.13. The van der Waals surface area contributed by atoms with E-state index < -0.39 is 17.7 Å². The van der Waals surface area contributed by atoms with Gasteiger partial charge in [0.15, 0.2) is 0 Å². The van der Waals surface area contributed by atoms with Crippen LogP contribution in [0.25, 0.3) is 22.1 Å². The molecule has 0 fully saturated rings.